The predicted molar refractivity (Wildman–Crippen MR) is 62.8 cm³/mol. The molecule has 0 amide bonds. The fourth-order valence-electron chi connectivity index (χ4n) is 1.05. The molecule has 0 saturated carbocycles. The van der Waals surface area contributed by atoms with Crippen LogP contribution in [-0.2, 0) is 0 Å². The SMILES string of the molecule is CCNC(=S)Nc1cc(OC)ccc1F. The molecule has 82 valence electrons. The van der Waals surface area contributed by atoms with Crippen LogP contribution in [0.25, 0.3) is 0 Å². The number of rotatable bonds is 3. The number of anilines is 1. The first kappa shape index (κ1) is 11.7. The van der Waals surface area contributed by atoms with E-state index < -0.39 is 0 Å². The van der Waals surface area contributed by atoms with Crippen molar-refractivity contribution >= 4 is 23.0 Å². The van der Waals surface area contributed by atoms with Gasteiger partial charge in [0.15, 0.2) is 5.11 Å². The summed E-state index contributed by atoms with van der Waals surface area (Å²) in [6, 6.07) is 4.44. The van der Waals surface area contributed by atoms with Gasteiger partial charge in [-0.3, -0.25) is 0 Å². The molecule has 0 aliphatic heterocycles. The van der Waals surface area contributed by atoms with Crippen LogP contribution in [0.4, 0.5) is 10.1 Å². The maximum absolute atomic E-state index is 13.3. The van der Waals surface area contributed by atoms with E-state index in [1.165, 1.54) is 13.2 Å². The summed E-state index contributed by atoms with van der Waals surface area (Å²) in [7, 11) is 1.53. The van der Waals surface area contributed by atoms with Crippen molar-refractivity contribution in [2.24, 2.45) is 0 Å². The molecule has 0 saturated heterocycles. The zero-order valence-electron chi connectivity index (χ0n) is 8.63. The smallest absolute Gasteiger partial charge is 0.170 e. The molecule has 5 heteroatoms. The monoisotopic (exact) mass is 228 g/mol. The molecule has 1 aromatic carbocycles. The van der Waals surface area contributed by atoms with E-state index in [1.54, 1.807) is 12.1 Å². The van der Waals surface area contributed by atoms with E-state index in [2.05, 4.69) is 10.6 Å². The number of benzene rings is 1. The van der Waals surface area contributed by atoms with Gasteiger partial charge in [0.25, 0.3) is 0 Å². The molecular formula is C10H13FN2OS. The van der Waals surface area contributed by atoms with Gasteiger partial charge < -0.3 is 15.4 Å². The number of hydrogen-bond acceptors (Lipinski definition) is 2. The van der Waals surface area contributed by atoms with Crippen LogP contribution in [0.1, 0.15) is 6.92 Å². The molecule has 1 aromatic rings. The van der Waals surface area contributed by atoms with Crippen molar-refractivity contribution in [3.05, 3.63) is 24.0 Å². The van der Waals surface area contributed by atoms with Gasteiger partial charge in [-0.1, -0.05) is 0 Å². The Morgan fingerprint density at radius 1 is 1.53 bits per heavy atom. The van der Waals surface area contributed by atoms with E-state index in [4.69, 9.17) is 17.0 Å². The predicted octanol–water partition coefficient (Wildman–Crippen LogP) is 2.14. The van der Waals surface area contributed by atoms with Crippen LogP contribution < -0.4 is 15.4 Å². The Balaban J connectivity index is 2.79. The van der Waals surface area contributed by atoms with Crippen LogP contribution in [-0.4, -0.2) is 18.8 Å². The van der Waals surface area contributed by atoms with Gasteiger partial charge in [0.05, 0.1) is 12.8 Å². The van der Waals surface area contributed by atoms with Crippen molar-refractivity contribution < 1.29 is 9.13 Å². The second-order valence-corrected chi connectivity index (χ2v) is 3.24. The van der Waals surface area contributed by atoms with E-state index in [-0.39, 0.29) is 5.82 Å². The molecule has 0 aliphatic rings. The normalized spacial score (nSPS) is 9.53. The Bertz CT molecular complexity index is 357. The van der Waals surface area contributed by atoms with Crippen LogP contribution in [0.2, 0.25) is 0 Å². The van der Waals surface area contributed by atoms with Gasteiger partial charge in [-0.25, -0.2) is 4.39 Å². The van der Waals surface area contributed by atoms with Crippen LogP contribution in [0, 0.1) is 5.82 Å². The zero-order chi connectivity index (χ0) is 11.3. The number of halogens is 1. The highest BCUT2D eigenvalue weighted by molar-refractivity contribution is 7.80. The summed E-state index contributed by atoms with van der Waals surface area (Å²) in [6.45, 7) is 2.60. The lowest BCUT2D eigenvalue weighted by Gasteiger charge is -2.10. The summed E-state index contributed by atoms with van der Waals surface area (Å²) in [4.78, 5) is 0. The molecule has 0 atom stereocenters. The fourth-order valence-corrected chi connectivity index (χ4v) is 1.31. The highest BCUT2D eigenvalue weighted by Crippen LogP contribution is 2.20. The third-order valence-corrected chi connectivity index (χ3v) is 2.01. The van der Waals surface area contributed by atoms with Gasteiger partial charge >= 0.3 is 0 Å². The number of ether oxygens (including phenoxy) is 1. The van der Waals surface area contributed by atoms with Crippen molar-refractivity contribution in [1.82, 2.24) is 5.32 Å². The fraction of sp³-hybridized carbons (Fsp3) is 0.300. The van der Waals surface area contributed by atoms with Crippen LogP contribution in [0.15, 0.2) is 18.2 Å². The number of methoxy groups -OCH3 is 1. The van der Waals surface area contributed by atoms with Gasteiger partial charge in [-0.2, -0.15) is 0 Å². The van der Waals surface area contributed by atoms with Crippen LogP contribution in [0.5, 0.6) is 5.75 Å². The molecule has 0 bridgehead atoms. The lowest BCUT2D eigenvalue weighted by molar-refractivity contribution is 0.414. The van der Waals surface area contributed by atoms with E-state index >= 15 is 0 Å². The van der Waals surface area contributed by atoms with E-state index in [0.717, 1.165) is 0 Å². The molecular weight excluding hydrogens is 215 g/mol. The van der Waals surface area contributed by atoms with Gasteiger partial charge in [-0.05, 0) is 31.3 Å². The average Bonchev–Trinajstić information content (AvgIpc) is 2.21. The Morgan fingerprint density at radius 3 is 2.87 bits per heavy atom. The van der Waals surface area contributed by atoms with E-state index in [0.29, 0.717) is 23.1 Å². The summed E-state index contributed by atoms with van der Waals surface area (Å²) in [5, 5.41) is 6.02. The molecule has 0 aliphatic carbocycles. The first-order valence-electron chi connectivity index (χ1n) is 4.55. The quantitative estimate of drug-likeness (QED) is 0.777. The Kier molecular flexibility index (Phi) is 4.30. The van der Waals surface area contributed by atoms with Crippen molar-refractivity contribution in [3.8, 4) is 5.75 Å². The average molecular weight is 228 g/mol. The van der Waals surface area contributed by atoms with Crippen molar-refractivity contribution in [2.75, 3.05) is 19.0 Å². The summed E-state index contributed by atoms with van der Waals surface area (Å²) in [6.07, 6.45) is 0. The van der Waals surface area contributed by atoms with Gasteiger partial charge in [0.1, 0.15) is 11.6 Å². The third-order valence-electron chi connectivity index (χ3n) is 1.76. The first-order chi connectivity index (χ1) is 7.17. The molecule has 2 N–H and O–H groups in total. The van der Waals surface area contributed by atoms with Crippen molar-refractivity contribution in [2.45, 2.75) is 6.92 Å². The molecule has 0 unspecified atom stereocenters. The minimum absolute atomic E-state index is 0.306. The molecule has 0 aromatic heterocycles. The Morgan fingerprint density at radius 2 is 2.27 bits per heavy atom. The highest BCUT2D eigenvalue weighted by Gasteiger charge is 2.04. The van der Waals surface area contributed by atoms with Crippen LogP contribution >= 0.6 is 12.2 Å². The lowest BCUT2D eigenvalue weighted by atomic mass is 10.3. The molecule has 0 spiro atoms. The van der Waals surface area contributed by atoms with Crippen molar-refractivity contribution in [3.63, 3.8) is 0 Å². The number of nitrogens with one attached hydrogen (secondary N) is 2. The van der Waals surface area contributed by atoms with Gasteiger partial charge in [0, 0.05) is 12.6 Å². The molecule has 3 nitrogen and oxygen atoms in total. The summed E-state index contributed by atoms with van der Waals surface area (Å²) < 4.78 is 18.3. The summed E-state index contributed by atoms with van der Waals surface area (Å²) >= 11 is 4.94. The number of thiocarbonyl (C=S) groups is 1. The molecule has 0 fully saturated rings. The second kappa shape index (κ2) is 5.50. The van der Waals surface area contributed by atoms with E-state index in [1.807, 2.05) is 6.92 Å². The standard InChI is InChI=1S/C10H13FN2OS/c1-3-12-10(15)13-9-6-7(14-2)4-5-8(9)11/h4-6H,3H2,1-2H3,(H2,12,13,15). The molecule has 0 heterocycles. The van der Waals surface area contributed by atoms with Crippen LogP contribution in [0.3, 0.4) is 0 Å². The van der Waals surface area contributed by atoms with E-state index in [9.17, 15) is 4.39 Å². The maximum Gasteiger partial charge on any atom is 0.170 e. The van der Waals surface area contributed by atoms with Gasteiger partial charge in [-0.15, -0.1) is 0 Å². The molecule has 15 heavy (non-hydrogen) atoms. The first-order valence-corrected chi connectivity index (χ1v) is 4.96. The third kappa shape index (κ3) is 3.36. The minimum atomic E-state index is -0.365. The Labute approximate surface area is 93.6 Å². The topological polar surface area (TPSA) is 33.3 Å². The van der Waals surface area contributed by atoms with Gasteiger partial charge in [0.2, 0.25) is 0 Å². The lowest BCUT2D eigenvalue weighted by Crippen LogP contribution is -2.28. The number of hydrogen-bond donors (Lipinski definition) is 2. The zero-order valence-corrected chi connectivity index (χ0v) is 9.45. The second-order valence-electron chi connectivity index (χ2n) is 2.83. The molecule has 1 rings (SSSR count). The summed E-state index contributed by atoms with van der Waals surface area (Å²) in [5.41, 5.74) is 0.306. The largest absolute Gasteiger partial charge is 0.497 e. The molecule has 0 radical (unpaired) electrons. The minimum Gasteiger partial charge on any atom is -0.497 e. The summed E-state index contributed by atoms with van der Waals surface area (Å²) in [5.74, 6) is 0.217. The highest BCUT2D eigenvalue weighted by atomic mass is 32.1. The van der Waals surface area contributed by atoms with Crippen molar-refractivity contribution in [1.29, 1.82) is 0 Å². The Hall–Kier alpha value is -1.36. The maximum atomic E-state index is 13.3.